The molecule has 0 fully saturated rings. The number of ether oxygens (including phenoxy) is 7. The summed E-state index contributed by atoms with van der Waals surface area (Å²) in [6, 6.07) is 0. The molecule has 0 spiro atoms. The van der Waals surface area contributed by atoms with Crippen molar-refractivity contribution in [2.45, 2.75) is 11.7 Å². The van der Waals surface area contributed by atoms with Gasteiger partial charge in [-0.15, -0.1) is 0 Å². The molecule has 154 valence electrons. The average molecular weight is 398 g/mol. The lowest BCUT2D eigenvalue weighted by atomic mass is 10.3. The van der Waals surface area contributed by atoms with Crippen LogP contribution < -0.4 is 0 Å². The first-order chi connectivity index (χ1) is 12.6. The molecular formula is C16H30O9S. The third kappa shape index (κ3) is 16.6. The third-order valence-corrected chi connectivity index (χ3v) is 3.22. The highest BCUT2D eigenvalue weighted by Crippen LogP contribution is 2.05. The summed E-state index contributed by atoms with van der Waals surface area (Å²) in [6.45, 7) is 3.47. The van der Waals surface area contributed by atoms with Gasteiger partial charge >= 0.3 is 11.9 Å². The second-order valence-corrected chi connectivity index (χ2v) is 5.55. The van der Waals surface area contributed by atoms with Gasteiger partial charge in [-0.2, -0.15) is 12.6 Å². The number of esters is 2. The average Bonchev–Trinajstić information content (AvgIpc) is 2.63. The van der Waals surface area contributed by atoms with Crippen LogP contribution in [0.15, 0.2) is 0 Å². The number of rotatable bonds is 18. The Morgan fingerprint density at radius 1 is 0.692 bits per heavy atom. The zero-order valence-electron chi connectivity index (χ0n) is 15.5. The number of methoxy groups -OCH3 is 2. The van der Waals surface area contributed by atoms with Crippen LogP contribution in [0.2, 0.25) is 0 Å². The summed E-state index contributed by atoms with van der Waals surface area (Å²) >= 11 is 4.05. The molecule has 0 bridgehead atoms. The lowest BCUT2D eigenvalue weighted by Crippen LogP contribution is -2.24. The summed E-state index contributed by atoms with van der Waals surface area (Å²) in [4.78, 5) is 23.3. The Bertz CT molecular complexity index is 355. The van der Waals surface area contributed by atoms with Gasteiger partial charge in [0.2, 0.25) is 0 Å². The Morgan fingerprint density at radius 2 is 1.12 bits per heavy atom. The van der Waals surface area contributed by atoms with Gasteiger partial charge < -0.3 is 33.2 Å². The second-order valence-electron chi connectivity index (χ2n) is 4.93. The monoisotopic (exact) mass is 398 g/mol. The van der Waals surface area contributed by atoms with Crippen molar-refractivity contribution >= 4 is 24.6 Å². The van der Waals surface area contributed by atoms with Crippen LogP contribution in [0.25, 0.3) is 0 Å². The molecule has 26 heavy (non-hydrogen) atoms. The molecule has 0 aromatic heterocycles. The molecule has 0 aliphatic carbocycles. The van der Waals surface area contributed by atoms with E-state index in [9.17, 15) is 9.59 Å². The van der Waals surface area contributed by atoms with Crippen LogP contribution in [-0.2, 0) is 42.7 Å². The molecule has 0 amide bonds. The van der Waals surface area contributed by atoms with Crippen molar-refractivity contribution in [1.29, 1.82) is 0 Å². The highest BCUT2D eigenvalue weighted by molar-refractivity contribution is 7.81. The van der Waals surface area contributed by atoms with Gasteiger partial charge in [0.05, 0.1) is 59.3 Å². The van der Waals surface area contributed by atoms with Gasteiger partial charge in [0.15, 0.2) is 0 Å². The first kappa shape index (κ1) is 25.1. The number of hydrogen-bond donors (Lipinski definition) is 1. The van der Waals surface area contributed by atoms with E-state index in [2.05, 4.69) is 12.6 Å². The van der Waals surface area contributed by atoms with Crippen molar-refractivity contribution in [3.8, 4) is 0 Å². The molecule has 0 radical (unpaired) electrons. The Hall–Kier alpha value is -0.910. The predicted octanol–water partition coefficient (Wildman–Crippen LogP) is 0.104. The Labute approximate surface area is 159 Å². The summed E-state index contributed by atoms with van der Waals surface area (Å²) in [5.41, 5.74) is 0. The number of hydrogen-bond acceptors (Lipinski definition) is 10. The quantitative estimate of drug-likeness (QED) is 0.196. The summed E-state index contributed by atoms with van der Waals surface area (Å²) in [7, 11) is 3.17. The van der Waals surface area contributed by atoms with Gasteiger partial charge in [-0.25, -0.2) is 0 Å². The van der Waals surface area contributed by atoms with Crippen molar-refractivity contribution in [2.24, 2.45) is 0 Å². The van der Waals surface area contributed by atoms with Crippen LogP contribution in [0, 0.1) is 0 Å². The van der Waals surface area contributed by atoms with Crippen LogP contribution in [0.3, 0.4) is 0 Å². The van der Waals surface area contributed by atoms with E-state index in [0.29, 0.717) is 39.6 Å². The lowest BCUT2D eigenvalue weighted by Gasteiger charge is -2.11. The first-order valence-electron chi connectivity index (χ1n) is 8.33. The molecule has 0 saturated heterocycles. The molecular weight excluding hydrogens is 368 g/mol. The van der Waals surface area contributed by atoms with Crippen LogP contribution >= 0.6 is 12.6 Å². The number of carbonyl (C=O) groups is 2. The van der Waals surface area contributed by atoms with Crippen LogP contribution in [0.5, 0.6) is 0 Å². The van der Waals surface area contributed by atoms with Crippen molar-refractivity contribution in [1.82, 2.24) is 0 Å². The maximum atomic E-state index is 11.7. The third-order valence-electron chi connectivity index (χ3n) is 2.83. The molecule has 0 saturated carbocycles. The van der Waals surface area contributed by atoms with Crippen LogP contribution in [0.1, 0.15) is 6.42 Å². The SMILES string of the molecule is COCCOCCOCCOC(=O)C(S)CC(=O)OCCOCCOC. The van der Waals surface area contributed by atoms with Gasteiger partial charge in [0, 0.05) is 14.2 Å². The summed E-state index contributed by atoms with van der Waals surface area (Å²) in [5, 5.41) is -0.880. The maximum Gasteiger partial charge on any atom is 0.319 e. The largest absolute Gasteiger partial charge is 0.463 e. The minimum atomic E-state index is -0.880. The lowest BCUT2D eigenvalue weighted by molar-refractivity contribution is -0.151. The molecule has 10 heteroatoms. The molecule has 0 N–H and O–H groups in total. The van der Waals surface area contributed by atoms with Crippen molar-refractivity contribution in [2.75, 3.05) is 80.3 Å². The fourth-order valence-corrected chi connectivity index (χ4v) is 1.74. The maximum absolute atomic E-state index is 11.7. The normalized spacial score (nSPS) is 12.0. The van der Waals surface area contributed by atoms with Crippen molar-refractivity contribution in [3.63, 3.8) is 0 Å². The van der Waals surface area contributed by atoms with E-state index in [1.165, 1.54) is 0 Å². The minimum Gasteiger partial charge on any atom is -0.463 e. The van der Waals surface area contributed by atoms with Gasteiger partial charge in [-0.3, -0.25) is 9.59 Å². The molecule has 0 rings (SSSR count). The van der Waals surface area contributed by atoms with Crippen molar-refractivity contribution < 1.29 is 42.7 Å². The van der Waals surface area contributed by atoms with E-state index < -0.39 is 17.2 Å². The minimum absolute atomic E-state index is 0.0797. The van der Waals surface area contributed by atoms with Crippen LogP contribution in [-0.4, -0.2) is 97.5 Å². The zero-order valence-corrected chi connectivity index (χ0v) is 16.4. The first-order valence-corrected chi connectivity index (χ1v) is 8.84. The van der Waals surface area contributed by atoms with E-state index in [-0.39, 0.29) is 32.8 Å². The fraction of sp³-hybridized carbons (Fsp3) is 0.875. The number of thiol groups is 1. The van der Waals surface area contributed by atoms with E-state index in [1.54, 1.807) is 14.2 Å². The van der Waals surface area contributed by atoms with Gasteiger partial charge in [-0.1, -0.05) is 0 Å². The van der Waals surface area contributed by atoms with Crippen LogP contribution in [0.4, 0.5) is 0 Å². The van der Waals surface area contributed by atoms with E-state index >= 15 is 0 Å². The standard InChI is InChI=1S/C16H30O9S/c1-19-3-5-21-7-8-23-10-12-25-16(18)14(26)13-15(17)24-11-9-22-6-4-20-2/h14,26H,3-13H2,1-2H3. The van der Waals surface area contributed by atoms with Gasteiger partial charge in [0.25, 0.3) is 0 Å². The highest BCUT2D eigenvalue weighted by atomic mass is 32.1. The van der Waals surface area contributed by atoms with E-state index in [1.807, 2.05) is 0 Å². The Morgan fingerprint density at radius 3 is 1.62 bits per heavy atom. The summed E-state index contributed by atoms with van der Waals surface area (Å²) < 4.78 is 35.1. The van der Waals surface area contributed by atoms with Gasteiger partial charge in [-0.05, 0) is 0 Å². The fourth-order valence-electron chi connectivity index (χ4n) is 1.52. The molecule has 0 aliphatic rings. The highest BCUT2D eigenvalue weighted by Gasteiger charge is 2.20. The second kappa shape index (κ2) is 18.9. The molecule has 0 aromatic rings. The molecule has 9 nitrogen and oxygen atoms in total. The van der Waals surface area contributed by atoms with E-state index in [4.69, 9.17) is 33.2 Å². The Kier molecular flexibility index (Phi) is 18.2. The molecule has 0 aliphatic heterocycles. The molecule has 1 atom stereocenters. The van der Waals surface area contributed by atoms with Gasteiger partial charge in [0.1, 0.15) is 18.5 Å². The zero-order chi connectivity index (χ0) is 19.5. The van der Waals surface area contributed by atoms with E-state index in [0.717, 1.165) is 0 Å². The Balaban J connectivity index is 3.53. The smallest absolute Gasteiger partial charge is 0.319 e. The number of carbonyl (C=O) groups excluding carboxylic acids is 2. The molecule has 0 heterocycles. The topological polar surface area (TPSA) is 98.8 Å². The summed E-state index contributed by atoms with van der Waals surface area (Å²) in [6.07, 6.45) is -0.172. The summed E-state index contributed by atoms with van der Waals surface area (Å²) in [5.74, 6) is -1.14. The molecule has 0 aromatic carbocycles. The molecule has 1 unspecified atom stereocenters. The predicted molar refractivity (Wildman–Crippen MR) is 95.5 cm³/mol. The van der Waals surface area contributed by atoms with Crippen molar-refractivity contribution in [3.05, 3.63) is 0 Å².